The van der Waals surface area contributed by atoms with Gasteiger partial charge in [0.05, 0.1) is 12.4 Å². The van der Waals surface area contributed by atoms with Gasteiger partial charge < -0.3 is 14.4 Å². The van der Waals surface area contributed by atoms with Crippen LogP contribution in [-0.2, 0) is 11.2 Å². The van der Waals surface area contributed by atoms with Gasteiger partial charge in [-0.25, -0.2) is 4.98 Å². The summed E-state index contributed by atoms with van der Waals surface area (Å²) in [6.45, 7) is 4.18. The lowest BCUT2D eigenvalue weighted by Gasteiger charge is -2.36. The summed E-state index contributed by atoms with van der Waals surface area (Å²) in [6, 6.07) is 20.3. The Kier molecular flexibility index (Phi) is 5.44. The number of allylic oxidation sites excluding steroid dienone is 1. The molecule has 0 spiro atoms. The number of likely N-dealkylation sites (N-methyl/N-ethyl adjacent to an activating group) is 1. The van der Waals surface area contributed by atoms with Gasteiger partial charge in [-0.3, -0.25) is 4.79 Å². The van der Waals surface area contributed by atoms with E-state index in [0.29, 0.717) is 6.42 Å². The summed E-state index contributed by atoms with van der Waals surface area (Å²) in [7, 11) is 1.89. The maximum absolute atomic E-state index is 13.1. The van der Waals surface area contributed by atoms with Crippen molar-refractivity contribution >= 4 is 5.91 Å². The molecule has 0 saturated carbocycles. The molecule has 5 heteroatoms. The molecule has 1 amide bonds. The molecule has 1 aliphatic rings. The molecule has 0 bridgehead atoms. The number of amides is 1. The molecule has 1 aromatic heterocycles. The monoisotopic (exact) mass is 400 g/mol. The minimum atomic E-state index is -0.413. The molecule has 5 nitrogen and oxygen atoms in total. The van der Waals surface area contributed by atoms with E-state index in [2.05, 4.69) is 64.8 Å². The Hall–Kier alpha value is -3.34. The van der Waals surface area contributed by atoms with Crippen LogP contribution < -0.4 is 0 Å². The van der Waals surface area contributed by atoms with Crippen molar-refractivity contribution in [3.8, 4) is 0 Å². The number of nitrogens with zero attached hydrogens (tertiary/aromatic N) is 4. The first kappa shape index (κ1) is 20.0. The van der Waals surface area contributed by atoms with Gasteiger partial charge in [0.2, 0.25) is 5.91 Å². The second kappa shape index (κ2) is 8.19. The molecule has 1 unspecified atom stereocenters. The molecular weight excluding hydrogens is 372 g/mol. The summed E-state index contributed by atoms with van der Waals surface area (Å²) in [5, 5.41) is 0. The number of rotatable bonds is 6. The molecule has 0 radical (unpaired) electrons. The van der Waals surface area contributed by atoms with Crippen LogP contribution in [0.25, 0.3) is 0 Å². The molecule has 154 valence electrons. The SMILES string of the molecule is CN1C(=O)[C@H](Cc2ccccc2)N(/C=C\C(c2ccccc2)n2ccnc2)C1(C)C. The molecule has 0 N–H and O–H groups in total. The summed E-state index contributed by atoms with van der Waals surface area (Å²) >= 11 is 0. The molecule has 2 aromatic carbocycles. The topological polar surface area (TPSA) is 41.4 Å². The highest BCUT2D eigenvalue weighted by molar-refractivity contribution is 5.85. The Morgan fingerprint density at radius 2 is 1.73 bits per heavy atom. The number of imidazole rings is 1. The second-order valence-electron chi connectivity index (χ2n) is 8.21. The zero-order valence-corrected chi connectivity index (χ0v) is 17.7. The van der Waals surface area contributed by atoms with Crippen molar-refractivity contribution in [2.45, 2.75) is 38.0 Å². The minimum Gasteiger partial charge on any atom is -0.343 e. The maximum Gasteiger partial charge on any atom is 0.247 e. The molecular formula is C25H28N4O. The van der Waals surface area contributed by atoms with E-state index in [1.807, 2.05) is 60.9 Å². The lowest BCUT2D eigenvalue weighted by atomic mass is 10.0. The lowest BCUT2D eigenvalue weighted by Crippen LogP contribution is -2.46. The molecule has 4 rings (SSSR count). The van der Waals surface area contributed by atoms with Crippen LogP contribution in [0.4, 0.5) is 0 Å². The van der Waals surface area contributed by atoms with E-state index < -0.39 is 5.66 Å². The lowest BCUT2D eigenvalue weighted by molar-refractivity contribution is -0.129. The van der Waals surface area contributed by atoms with E-state index in [1.54, 1.807) is 6.20 Å². The fraction of sp³-hybridized carbons (Fsp3) is 0.280. The third kappa shape index (κ3) is 3.75. The number of carbonyl (C=O) groups excluding carboxylic acids is 1. The molecule has 1 fully saturated rings. The van der Waals surface area contributed by atoms with Crippen LogP contribution in [0.2, 0.25) is 0 Å². The maximum atomic E-state index is 13.1. The number of benzene rings is 2. The molecule has 0 aliphatic carbocycles. The first-order valence-corrected chi connectivity index (χ1v) is 10.3. The van der Waals surface area contributed by atoms with Crippen molar-refractivity contribution in [2.75, 3.05) is 7.05 Å². The van der Waals surface area contributed by atoms with Crippen molar-refractivity contribution in [1.29, 1.82) is 0 Å². The third-order valence-corrected chi connectivity index (χ3v) is 6.09. The third-order valence-electron chi connectivity index (χ3n) is 6.09. The smallest absolute Gasteiger partial charge is 0.247 e. The van der Waals surface area contributed by atoms with Crippen LogP contribution in [0.3, 0.4) is 0 Å². The highest BCUT2D eigenvalue weighted by atomic mass is 16.2. The molecule has 2 heterocycles. The predicted octanol–water partition coefficient (Wildman–Crippen LogP) is 4.11. The molecule has 1 aliphatic heterocycles. The Labute approximate surface area is 178 Å². The van der Waals surface area contributed by atoms with Crippen LogP contribution in [0.1, 0.15) is 31.0 Å². The molecule has 1 saturated heterocycles. The number of carbonyl (C=O) groups is 1. The van der Waals surface area contributed by atoms with E-state index in [9.17, 15) is 4.79 Å². The zero-order valence-electron chi connectivity index (χ0n) is 17.7. The zero-order chi connectivity index (χ0) is 21.1. The largest absolute Gasteiger partial charge is 0.343 e. The van der Waals surface area contributed by atoms with E-state index in [1.165, 1.54) is 5.56 Å². The van der Waals surface area contributed by atoms with E-state index in [-0.39, 0.29) is 18.0 Å². The van der Waals surface area contributed by atoms with Gasteiger partial charge in [-0.05, 0) is 31.1 Å². The molecule has 2 atom stereocenters. The van der Waals surface area contributed by atoms with Crippen LogP contribution in [0.5, 0.6) is 0 Å². The van der Waals surface area contributed by atoms with E-state index >= 15 is 0 Å². The number of hydrogen-bond acceptors (Lipinski definition) is 3. The second-order valence-corrected chi connectivity index (χ2v) is 8.21. The quantitative estimate of drug-likeness (QED) is 0.625. The Bertz CT molecular complexity index is 996. The van der Waals surface area contributed by atoms with Gasteiger partial charge in [0.15, 0.2) is 0 Å². The molecule has 3 aromatic rings. The summed E-state index contributed by atoms with van der Waals surface area (Å²) < 4.78 is 2.08. The highest BCUT2D eigenvalue weighted by Crippen LogP contribution is 2.33. The fourth-order valence-corrected chi connectivity index (χ4v) is 4.12. The van der Waals surface area contributed by atoms with Gasteiger partial charge >= 0.3 is 0 Å². The van der Waals surface area contributed by atoms with Crippen molar-refractivity contribution < 1.29 is 4.79 Å². The Morgan fingerprint density at radius 1 is 1.07 bits per heavy atom. The first-order valence-electron chi connectivity index (χ1n) is 10.3. The first-order chi connectivity index (χ1) is 14.5. The summed E-state index contributed by atoms with van der Waals surface area (Å²) in [4.78, 5) is 21.4. The van der Waals surface area contributed by atoms with Gasteiger partial charge in [0, 0.05) is 32.1 Å². The van der Waals surface area contributed by atoms with Crippen molar-refractivity contribution in [1.82, 2.24) is 19.4 Å². The average molecular weight is 401 g/mol. The van der Waals surface area contributed by atoms with Gasteiger partial charge in [0.1, 0.15) is 11.7 Å². The van der Waals surface area contributed by atoms with Crippen LogP contribution in [-0.4, -0.2) is 44.0 Å². The van der Waals surface area contributed by atoms with Crippen molar-refractivity contribution in [3.05, 3.63) is 103 Å². The van der Waals surface area contributed by atoms with Gasteiger partial charge in [-0.2, -0.15) is 0 Å². The van der Waals surface area contributed by atoms with Crippen LogP contribution >= 0.6 is 0 Å². The average Bonchev–Trinajstić information content (AvgIpc) is 3.34. The van der Waals surface area contributed by atoms with Crippen LogP contribution in [0.15, 0.2) is 91.7 Å². The highest BCUT2D eigenvalue weighted by Gasteiger charge is 2.47. The Balaban J connectivity index is 1.68. The van der Waals surface area contributed by atoms with Gasteiger partial charge in [-0.1, -0.05) is 60.7 Å². The summed E-state index contributed by atoms with van der Waals surface area (Å²) in [6.07, 6.45) is 10.5. The van der Waals surface area contributed by atoms with Crippen molar-refractivity contribution in [2.24, 2.45) is 0 Å². The van der Waals surface area contributed by atoms with Crippen LogP contribution in [0, 0.1) is 0 Å². The predicted molar refractivity (Wildman–Crippen MR) is 119 cm³/mol. The normalized spacial score (nSPS) is 19.6. The minimum absolute atomic E-state index is 0.00267. The van der Waals surface area contributed by atoms with E-state index in [0.717, 1.165) is 5.56 Å². The Morgan fingerprint density at radius 3 is 2.37 bits per heavy atom. The fourth-order valence-electron chi connectivity index (χ4n) is 4.12. The number of aromatic nitrogens is 2. The standard InChI is InChI=1S/C25H28N4O/c1-25(2)27(3)24(30)23(18-20-10-6-4-7-11-20)29(25)16-14-22(28-17-15-26-19-28)21-12-8-5-9-13-21/h4-17,19,22-23H,18H2,1-3H3/b16-14-/t22?,23-/m0/s1. The summed E-state index contributed by atoms with van der Waals surface area (Å²) in [5.74, 6) is 0.146. The van der Waals surface area contributed by atoms with Crippen molar-refractivity contribution in [3.63, 3.8) is 0 Å². The van der Waals surface area contributed by atoms with E-state index in [4.69, 9.17) is 0 Å². The summed E-state index contributed by atoms with van der Waals surface area (Å²) in [5.41, 5.74) is 1.92. The van der Waals surface area contributed by atoms with Gasteiger partial charge in [-0.15, -0.1) is 0 Å². The molecule has 30 heavy (non-hydrogen) atoms. The number of hydrogen-bond donors (Lipinski definition) is 0. The van der Waals surface area contributed by atoms with Gasteiger partial charge in [0.25, 0.3) is 0 Å².